The third-order valence-corrected chi connectivity index (χ3v) is 6.48. The number of hydrogen-bond donors (Lipinski definition) is 2. The minimum absolute atomic E-state index is 0.0234. The molecule has 4 atom stereocenters. The van der Waals surface area contributed by atoms with Crippen molar-refractivity contribution in [3.63, 3.8) is 0 Å². The molecule has 1 heterocycles. The molecule has 1 aromatic carbocycles. The van der Waals surface area contributed by atoms with Gasteiger partial charge in [-0.15, -0.1) is 11.3 Å². The van der Waals surface area contributed by atoms with E-state index in [0.717, 1.165) is 37.3 Å². The summed E-state index contributed by atoms with van der Waals surface area (Å²) in [6.07, 6.45) is 3.47. The predicted molar refractivity (Wildman–Crippen MR) is 105 cm³/mol. The Morgan fingerprint density at radius 2 is 2.19 bits per heavy atom. The normalized spacial score (nSPS) is 27.2. The summed E-state index contributed by atoms with van der Waals surface area (Å²) in [5.41, 5.74) is 11.3. The number of nitrogens with two attached hydrogens (primary N) is 1. The topological polar surface area (TPSA) is 71.2 Å². The maximum Gasteiger partial charge on any atom is 0.229 e. The molecule has 2 saturated carbocycles. The van der Waals surface area contributed by atoms with Crippen LogP contribution in [-0.2, 0) is 17.9 Å². The molecule has 0 aliphatic heterocycles. The van der Waals surface area contributed by atoms with Gasteiger partial charge in [0, 0.05) is 30.2 Å². The summed E-state index contributed by atoms with van der Waals surface area (Å²) in [6, 6.07) is 8.15. The molecule has 2 fully saturated rings. The first-order valence-electron chi connectivity index (χ1n) is 9.31. The van der Waals surface area contributed by atoms with Gasteiger partial charge in [0.2, 0.25) is 5.91 Å². The molecule has 2 aromatic rings. The standard InChI is InChI=1S/C20H26N4OS/c1-24(10-17-11-26-12-22-17)9-13-3-2-4-16(7-13)23-20(25)18-14-5-6-15(8-14)19(18)21/h2-4,7,11-12,14-15,18-19H,5-6,8-10,21H2,1H3,(H,23,25). The number of nitrogens with one attached hydrogen (secondary N) is 1. The van der Waals surface area contributed by atoms with Gasteiger partial charge in [-0.25, -0.2) is 4.98 Å². The van der Waals surface area contributed by atoms with Crippen molar-refractivity contribution in [3.05, 3.63) is 46.4 Å². The average Bonchev–Trinajstić information content (AvgIpc) is 3.32. The molecule has 2 bridgehead atoms. The smallest absolute Gasteiger partial charge is 0.229 e. The summed E-state index contributed by atoms with van der Waals surface area (Å²) in [5, 5.41) is 5.19. The summed E-state index contributed by atoms with van der Waals surface area (Å²) in [6.45, 7) is 1.63. The number of hydrogen-bond acceptors (Lipinski definition) is 5. The summed E-state index contributed by atoms with van der Waals surface area (Å²) in [7, 11) is 2.08. The van der Waals surface area contributed by atoms with Crippen LogP contribution < -0.4 is 11.1 Å². The van der Waals surface area contributed by atoms with E-state index in [1.165, 1.54) is 12.0 Å². The Morgan fingerprint density at radius 1 is 1.35 bits per heavy atom. The highest BCUT2D eigenvalue weighted by atomic mass is 32.1. The van der Waals surface area contributed by atoms with Gasteiger partial charge in [0.25, 0.3) is 0 Å². The van der Waals surface area contributed by atoms with E-state index in [9.17, 15) is 4.79 Å². The zero-order valence-corrected chi connectivity index (χ0v) is 15.9. The van der Waals surface area contributed by atoms with Gasteiger partial charge in [0.05, 0.1) is 17.1 Å². The Bertz CT molecular complexity index is 761. The van der Waals surface area contributed by atoms with Crippen LogP contribution in [0.4, 0.5) is 5.69 Å². The van der Waals surface area contributed by atoms with Crippen LogP contribution in [0.25, 0.3) is 0 Å². The molecule has 2 aliphatic rings. The Morgan fingerprint density at radius 3 is 2.92 bits per heavy atom. The van der Waals surface area contributed by atoms with Gasteiger partial charge in [-0.2, -0.15) is 0 Å². The van der Waals surface area contributed by atoms with Crippen LogP contribution in [0.2, 0.25) is 0 Å². The van der Waals surface area contributed by atoms with Gasteiger partial charge in [-0.3, -0.25) is 9.69 Å². The molecule has 5 nitrogen and oxygen atoms in total. The van der Waals surface area contributed by atoms with Crippen molar-refractivity contribution in [1.82, 2.24) is 9.88 Å². The lowest BCUT2D eigenvalue weighted by molar-refractivity contribution is -0.121. The Kier molecular flexibility index (Phi) is 5.07. The minimum Gasteiger partial charge on any atom is -0.327 e. The first-order chi connectivity index (χ1) is 12.6. The number of amides is 1. The molecule has 6 heteroatoms. The quantitative estimate of drug-likeness (QED) is 0.820. The third-order valence-electron chi connectivity index (χ3n) is 5.85. The summed E-state index contributed by atoms with van der Waals surface area (Å²) < 4.78 is 0. The van der Waals surface area contributed by atoms with E-state index in [1.807, 2.05) is 17.6 Å². The van der Waals surface area contributed by atoms with Crippen molar-refractivity contribution >= 4 is 22.9 Å². The molecule has 26 heavy (non-hydrogen) atoms. The van der Waals surface area contributed by atoms with Crippen molar-refractivity contribution in [1.29, 1.82) is 0 Å². The van der Waals surface area contributed by atoms with Crippen molar-refractivity contribution in [2.24, 2.45) is 23.5 Å². The number of aromatic nitrogens is 1. The zero-order chi connectivity index (χ0) is 18.1. The highest BCUT2D eigenvalue weighted by molar-refractivity contribution is 7.07. The van der Waals surface area contributed by atoms with E-state index in [-0.39, 0.29) is 17.9 Å². The fraction of sp³-hybridized carbons (Fsp3) is 0.500. The second-order valence-corrected chi connectivity index (χ2v) is 8.50. The SMILES string of the molecule is CN(Cc1cccc(NC(=O)C2C3CCC(C3)C2N)c1)Cc1cscn1. The van der Waals surface area contributed by atoms with Gasteiger partial charge in [-0.05, 0) is 55.8 Å². The highest BCUT2D eigenvalue weighted by Gasteiger charge is 2.49. The molecule has 0 spiro atoms. The summed E-state index contributed by atoms with van der Waals surface area (Å²) in [4.78, 5) is 19.3. The first-order valence-corrected chi connectivity index (χ1v) is 10.3. The van der Waals surface area contributed by atoms with E-state index in [2.05, 4.69) is 39.8 Å². The Hall–Kier alpha value is -1.76. The fourth-order valence-corrected chi connectivity index (χ4v) is 5.21. The number of fused-ring (bicyclic) bond motifs is 2. The second-order valence-electron chi connectivity index (χ2n) is 7.78. The van der Waals surface area contributed by atoms with Crippen LogP contribution in [0.15, 0.2) is 35.2 Å². The van der Waals surface area contributed by atoms with Crippen molar-refractivity contribution < 1.29 is 4.79 Å². The maximum atomic E-state index is 12.8. The molecule has 1 aromatic heterocycles. The summed E-state index contributed by atoms with van der Waals surface area (Å²) in [5.74, 6) is 1.09. The monoisotopic (exact) mass is 370 g/mol. The molecule has 0 saturated heterocycles. The van der Waals surface area contributed by atoms with Gasteiger partial charge >= 0.3 is 0 Å². The van der Waals surface area contributed by atoms with Crippen LogP contribution in [0.1, 0.15) is 30.5 Å². The van der Waals surface area contributed by atoms with E-state index in [0.29, 0.717) is 11.8 Å². The average molecular weight is 371 g/mol. The molecule has 4 unspecified atom stereocenters. The molecule has 0 radical (unpaired) electrons. The molecular weight excluding hydrogens is 344 g/mol. The maximum absolute atomic E-state index is 12.8. The van der Waals surface area contributed by atoms with Crippen LogP contribution in [-0.4, -0.2) is 28.9 Å². The van der Waals surface area contributed by atoms with Crippen LogP contribution in [0.5, 0.6) is 0 Å². The van der Waals surface area contributed by atoms with Crippen LogP contribution in [0.3, 0.4) is 0 Å². The Labute approximate surface area is 158 Å². The number of rotatable bonds is 6. The lowest BCUT2D eigenvalue weighted by Gasteiger charge is -2.27. The predicted octanol–water partition coefficient (Wildman–Crippen LogP) is 3.09. The molecule has 2 aliphatic carbocycles. The highest BCUT2D eigenvalue weighted by Crippen LogP contribution is 2.47. The zero-order valence-electron chi connectivity index (χ0n) is 15.1. The Balaban J connectivity index is 1.37. The van der Waals surface area contributed by atoms with Gasteiger partial charge < -0.3 is 11.1 Å². The fourth-order valence-electron chi connectivity index (χ4n) is 4.66. The minimum atomic E-state index is -0.0234. The second kappa shape index (κ2) is 7.47. The van der Waals surface area contributed by atoms with Crippen LogP contribution >= 0.6 is 11.3 Å². The molecule has 3 N–H and O–H groups in total. The number of carbonyl (C=O) groups is 1. The van der Waals surface area contributed by atoms with E-state index < -0.39 is 0 Å². The van der Waals surface area contributed by atoms with E-state index in [1.54, 1.807) is 11.3 Å². The summed E-state index contributed by atoms with van der Waals surface area (Å²) >= 11 is 1.62. The third kappa shape index (κ3) is 3.68. The van der Waals surface area contributed by atoms with Gasteiger partial charge in [-0.1, -0.05) is 12.1 Å². The molecule has 4 rings (SSSR count). The van der Waals surface area contributed by atoms with Crippen molar-refractivity contribution in [3.8, 4) is 0 Å². The van der Waals surface area contributed by atoms with Crippen LogP contribution in [0, 0.1) is 17.8 Å². The lowest BCUT2D eigenvalue weighted by atomic mass is 9.84. The van der Waals surface area contributed by atoms with E-state index in [4.69, 9.17) is 5.73 Å². The number of anilines is 1. The number of carbonyl (C=O) groups excluding carboxylic acids is 1. The molecule has 138 valence electrons. The van der Waals surface area contributed by atoms with Gasteiger partial charge in [0.1, 0.15) is 0 Å². The first kappa shape index (κ1) is 17.6. The van der Waals surface area contributed by atoms with Crippen molar-refractivity contribution in [2.45, 2.75) is 38.4 Å². The molecule has 1 amide bonds. The number of nitrogens with zero attached hydrogens (tertiary/aromatic N) is 2. The van der Waals surface area contributed by atoms with E-state index >= 15 is 0 Å². The lowest BCUT2D eigenvalue weighted by Crippen LogP contribution is -2.42. The number of benzene rings is 1. The number of thiazole rings is 1. The largest absolute Gasteiger partial charge is 0.327 e. The van der Waals surface area contributed by atoms with Gasteiger partial charge in [0.15, 0.2) is 0 Å². The van der Waals surface area contributed by atoms with Crippen molar-refractivity contribution in [2.75, 3.05) is 12.4 Å². The molecular formula is C20H26N4OS.